The van der Waals surface area contributed by atoms with Gasteiger partial charge >= 0.3 is 5.97 Å². The molecule has 3 N–H and O–H groups in total. The van der Waals surface area contributed by atoms with Crippen LogP contribution in [0.5, 0.6) is 0 Å². The summed E-state index contributed by atoms with van der Waals surface area (Å²) in [6.45, 7) is 10.2. The van der Waals surface area contributed by atoms with Crippen LogP contribution in [0.3, 0.4) is 0 Å². The smallest absolute Gasteiger partial charge is 0.329 e. The van der Waals surface area contributed by atoms with E-state index in [1.165, 1.54) is 16.2 Å². The van der Waals surface area contributed by atoms with Crippen LogP contribution in [-0.2, 0) is 10.2 Å². The Hall–Kier alpha value is -2.32. The molecule has 1 aliphatic heterocycles. The summed E-state index contributed by atoms with van der Waals surface area (Å²) < 4.78 is 0. The number of nitrogens with zero attached hydrogens (tertiary/aromatic N) is 2. The fourth-order valence-electron chi connectivity index (χ4n) is 4.65. The first-order valence-electron chi connectivity index (χ1n) is 10.7. The molecule has 3 rings (SSSR count). The summed E-state index contributed by atoms with van der Waals surface area (Å²) >= 11 is 6.73. The second-order valence-electron chi connectivity index (χ2n) is 9.97. The SMILES string of the molecule is CC(C)C[C@@]1(C(=O)O)C[C@H](C(N)=S)[C@H](c2nccs2)N1C(=O)c1ccc(C(C)(C)C)cc1. The Labute approximate surface area is 198 Å². The highest BCUT2D eigenvalue weighted by molar-refractivity contribution is 7.80. The third kappa shape index (κ3) is 4.43. The van der Waals surface area contributed by atoms with E-state index in [1.807, 2.05) is 31.4 Å². The number of likely N-dealkylation sites (tertiary alicyclic amines) is 1. The quantitative estimate of drug-likeness (QED) is 0.585. The van der Waals surface area contributed by atoms with Gasteiger partial charge in [-0.15, -0.1) is 11.3 Å². The van der Waals surface area contributed by atoms with Crippen LogP contribution < -0.4 is 5.73 Å². The molecule has 6 nitrogen and oxygen atoms in total. The fourth-order valence-corrected chi connectivity index (χ4v) is 5.65. The number of carbonyl (C=O) groups is 2. The molecule has 32 heavy (non-hydrogen) atoms. The average Bonchev–Trinajstić information content (AvgIpc) is 3.33. The normalized spacial score (nSPS) is 23.5. The molecule has 0 bridgehead atoms. The summed E-state index contributed by atoms with van der Waals surface area (Å²) in [7, 11) is 0. The van der Waals surface area contributed by atoms with Gasteiger partial charge in [0.15, 0.2) is 0 Å². The number of hydrogen-bond donors (Lipinski definition) is 2. The molecular weight excluding hydrogens is 442 g/mol. The molecule has 2 aromatic rings. The van der Waals surface area contributed by atoms with Gasteiger partial charge in [-0.05, 0) is 41.9 Å². The van der Waals surface area contributed by atoms with E-state index in [4.69, 9.17) is 18.0 Å². The molecule has 1 aromatic carbocycles. The first-order valence-corrected chi connectivity index (χ1v) is 12.0. The summed E-state index contributed by atoms with van der Waals surface area (Å²) in [5.74, 6) is -1.80. The molecule has 8 heteroatoms. The molecule has 172 valence electrons. The molecule has 2 heterocycles. The Bertz CT molecular complexity index is 996. The summed E-state index contributed by atoms with van der Waals surface area (Å²) in [6.07, 6.45) is 2.13. The number of aliphatic carboxylic acids is 1. The third-order valence-electron chi connectivity index (χ3n) is 6.11. The first-order chi connectivity index (χ1) is 14.9. The van der Waals surface area contributed by atoms with E-state index in [9.17, 15) is 14.7 Å². The maximum atomic E-state index is 13.9. The van der Waals surface area contributed by atoms with Crippen LogP contribution in [0.2, 0.25) is 0 Å². The summed E-state index contributed by atoms with van der Waals surface area (Å²) in [4.78, 5) is 32.9. The maximum Gasteiger partial charge on any atom is 0.329 e. The average molecular weight is 474 g/mol. The van der Waals surface area contributed by atoms with Crippen molar-refractivity contribution in [3.8, 4) is 0 Å². The minimum atomic E-state index is -1.42. The summed E-state index contributed by atoms with van der Waals surface area (Å²) in [5.41, 5.74) is 6.16. The van der Waals surface area contributed by atoms with Crippen LogP contribution in [0, 0.1) is 11.8 Å². The Morgan fingerprint density at radius 2 is 1.94 bits per heavy atom. The van der Waals surface area contributed by atoms with E-state index < -0.39 is 23.5 Å². The number of rotatable bonds is 6. The highest BCUT2D eigenvalue weighted by atomic mass is 32.1. The van der Waals surface area contributed by atoms with E-state index in [0.29, 0.717) is 17.0 Å². The van der Waals surface area contributed by atoms with Crippen molar-refractivity contribution in [3.05, 3.63) is 52.0 Å². The van der Waals surface area contributed by atoms with Gasteiger partial charge in [0.1, 0.15) is 10.5 Å². The summed E-state index contributed by atoms with van der Waals surface area (Å²) in [5, 5.41) is 12.9. The van der Waals surface area contributed by atoms with Gasteiger partial charge < -0.3 is 15.7 Å². The number of carboxylic acid groups (broad SMARTS) is 1. The number of benzene rings is 1. The lowest BCUT2D eigenvalue weighted by molar-refractivity contribution is -0.150. The standard InChI is InChI=1S/C24H31N3O3S2/c1-14(2)12-24(22(29)30)13-17(19(25)31)18(20-26-10-11-32-20)27(24)21(28)15-6-8-16(9-7-15)23(3,4)5/h6-11,14,17-18H,12-13H2,1-5H3,(H2,25,31)(H,29,30)/t17-,18+,24-/m0/s1. The number of nitrogens with two attached hydrogens (primary N) is 1. The van der Waals surface area contributed by atoms with E-state index in [0.717, 1.165) is 5.56 Å². The molecule has 0 radical (unpaired) electrons. The molecule has 3 atom stereocenters. The van der Waals surface area contributed by atoms with Crippen molar-refractivity contribution in [3.63, 3.8) is 0 Å². The molecule has 1 amide bonds. The predicted octanol–water partition coefficient (Wildman–Crippen LogP) is 4.80. The number of hydrogen-bond acceptors (Lipinski definition) is 5. The third-order valence-corrected chi connectivity index (χ3v) is 7.26. The van der Waals surface area contributed by atoms with Gasteiger partial charge in [-0.3, -0.25) is 4.79 Å². The second-order valence-corrected chi connectivity index (χ2v) is 11.4. The minimum absolute atomic E-state index is 0.0479. The zero-order valence-electron chi connectivity index (χ0n) is 19.2. The van der Waals surface area contributed by atoms with Gasteiger partial charge in [0, 0.05) is 23.1 Å². The molecular formula is C24H31N3O3S2. The highest BCUT2D eigenvalue weighted by Crippen LogP contribution is 2.51. The molecule has 1 aromatic heterocycles. The minimum Gasteiger partial charge on any atom is -0.479 e. The van der Waals surface area contributed by atoms with Crippen molar-refractivity contribution in [1.29, 1.82) is 0 Å². The number of thiazole rings is 1. The van der Waals surface area contributed by atoms with E-state index in [1.54, 1.807) is 18.3 Å². The molecule has 0 aliphatic carbocycles. The summed E-state index contributed by atoms with van der Waals surface area (Å²) in [6, 6.07) is 6.79. The van der Waals surface area contributed by atoms with Gasteiger partial charge in [0.25, 0.3) is 5.91 Å². The molecule has 1 aliphatic rings. The van der Waals surface area contributed by atoms with Gasteiger partial charge in [0.05, 0.1) is 11.0 Å². The monoisotopic (exact) mass is 473 g/mol. The van der Waals surface area contributed by atoms with Crippen molar-refractivity contribution in [1.82, 2.24) is 9.88 Å². The van der Waals surface area contributed by atoms with E-state index in [-0.39, 0.29) is 28.6 Å². The van der Waals surface area contributed by atoms with Crippen LogP contribution in [0.15, 0.2) is 35.8 Å². The van der Waals surface area contributed by atoms with E-state index >= 15 is 0 Å². The van der Waals surface area contributed by atoms with Crippen LogP contribution in [0.25, 0.3) is 0 Å². The Morgan fingerprint density at radius 3 is 2.38 bits per heavy atom. The largest absolute Gasteiger partial charge is 0.479 e. The zero-order chi connectivity index (χ0) is 23.8. The van der Waals surface area contributed by atoms with Crippen LogP contribution >= 0.6 is 23.6 Å². The maximum absolute atomic E-state index is 13.9. The van der Waals surface area contributed by atoms with Crippen molar-refractivity contribution < 1.29 is 14.7 Å². The van der Waals surface area contributed by atoms with Crippen molar-refractivity contribution in [2.45, 2.75) is 64.5 Å². The van der Waals surface area contributed by atoms with Gasteiger partial charge in [0.2, 0.25) is 0 Å². The number of amides is 1. The Balaban J connectivity index is 2.17. The van der Waals surface area contributed by atoms with Crippen molar-refractivity contribution in [2.24, 2.45) is 17.6 Å². The molecule has 0 spiro atoms. The molecule has 1 fully saturated rings. The topological polar surface area (TPSA) is 96.5 Å². The van der Waals surface area contributed by atoms with Crippen molar-refractivity contribution in [2.75, 3.05) is 0 Å². The van der Waals surface area contributed by atoms with Gasteiger partial charge in [-0.2, -0.15) is 0 Å². The van der Waals surface area contributed by atoms with Gasteiger partial charge in [-0.25, -0.2) is 9.78 Å². The first kappa shape index (κ1) is 24.3. The molecule has 1 saturated heterocycles. The van der Waals surface area contributed by atoms with Crippen molar-refractivity contribution >= 4 is 40.4 Å². The number of thiocarbonyl (C=S) groups is 1. The number of aromatic nitrogens is 1. The second kappa shape index (κ2) is 8.90. The highest BCUT2D eigenvalue weighted by Gasteiger charge is 2.60. The zero-order valence-corrected chi connectivity index (χ0v) is 20.8. The number of carbonyl (C=O) groups excluding carboxylic acids is 1. The van der Waals surface area contributed by atoms with Crippen LogP contribution in [-0.4, -0.2) is 37.4 Å². The molecule has 0 unspecified atom stereocenters. The van der Waals surface area contributed by atoms with Gasteiger partial charge in [-0.1, -0.05) is 59.0 Å². The lowest BCUT2D eigenvalue weighted by atomic mass is 9.83. The van der Waals surface area contributed by atoms with Crippen LogP contribution in [0.4, 0.5) is 0 Å². The Kier molecular flexibility index (Phi) is 6.77. The predicted molar refractivity (Wildman–Crippen MR) is 131 cm³/mol. The lowest BCUT2D eigenvalue weighted by Crippen LogP contribution is -2.54. The van der Waals surface area contributed by atoms with Crippen LogP contribution in [0.1, 0.15) is 74.4 Å². The number of carboxylic acids is 1. The Morgan fingerprint density at radius 1 is 1.31 bits per heavy atom. The molecule has 0 saturated carbocycles. The van der Waals surface area contributed by atoms with E-state index in [2.05, 4.69) is 25.8 Å². The fraction of sp³-hybridized carbons (Fsp3) is 0.500. The lowest BCUT2D eigenvalue weighted by Gasteiger charge is -2.38.